The Morgan fingerprint density at radius 3 is 2.55 bits per heavy atom. The third kappa shape index (κ3) is 5.26. The van der Waals surface area contributed by atoms with Crippen LogP contribution in [0, 0.1) is 18.6 Å². The smallest absolute Gasteiger partial charge is 0.259 e. The monoisotopic (exact) mass is 450 g/mol. The SMILES string of the molecule is Cc1nc(-c2ccc(F)c(F)c2)ccc1C(=O)N(C)c1ccc(CN2CCN[C@@H](C)C2)cc1. The number of hydrogen-bond acceptors (Lipinski definition) is 4. The first-order valence-corrected chi connectivity index (χ1v) is 11.1. The van der Waals surface area contributed by atoms with Gasteiger partial charge in [-0.25, -0.2) is 8.78 Å². The third-order valence-electron chi connectivity index (χ3n) is 6.02. The number of amides is 1. The van der Waals surface area contributed by atoms with Crippen LogP contribution < -0.4 is 10.2 Å². The highest BCUT2D eigenvalue weighted by Crippen LogP contribution is 2.23. The molecule has 4 rings (SSSR count). The van der Waals surface area contributed by atoms with Crippen molar-refractivity contribution in [2.45, 2.75) is 26.4 Å². The van der Waals surface area contributed by atoms with Gasteiger partial charge in [0.25, 0.3) is 5.91 Å². The zero-order valence-electron chi connectivity index (χ0n) is 19.1. The summed E-state index contributed by atoms with van der Waals surface area (Å²) in [6, 6.07) is 15.5. The molecule has 7 heteroatoms. The van der Waals surface area contributed by atoms with E-state index in [0.717, 1.165) is 44.0 Å². The number of piperazine rings is 1. The van der Waals surface area contributed by atoms with Crippen LogP contribution in [0.1, 0.15) is 28.5 Å². The van der Waals surface area contributed by atoms with Gasteiger partial charge < -0.3 is 10.2 Å². The van der Waals surface area contributed by atoms with Crippen LogP contribution in [-0.2, 0) is 6.54 Å². The van der Waals surface area contributed by atoms with E-state index in [9.17, 15) is 13.6 Å². The molecule has 0 bridgehead atoms. The number of halogens is 2. The maximum absolute atomic E-state index is 13.6. The minimum atomic E-state index is -0.929. The van der Waals surface area contributed by atoms with Crippen LogP contribution in [-0.4, -0.2) is 48.5 Å². The predicted octanol–water partition coefficient (Wildman–Crippen LogP) is 4.41. The van der Waals surface area contributed by atoms with Gasteiger partial charge in [-0.3, -0.25) is 14.7 Å². The first-order chi connectivity index (χ1) is 15.8. The van der Waals surface area contributed by atoms with E-state index in [1.165, 1.54) is 11.6 Å². The van der Waals surface area contributed by atoms with E-state index in [1.54, 1.807) is 31.0 Å². The number of anilines is 1. The summed E-state index contributed by atoms with van der Waals surface area (Å²) in [5.41, 5.74) is 3.93. The zero-order chi connectivity index (χ0) is 23.5. The van der Waals surface area contributed by atoms with Crippen LogP contribution in [0.5, 0.6) is 0 Å². The molecule has 5 nitrogen and oxygen atoms in total. The van der Waals surface area contributed by atoms with Crippen molar-refractivity contribution in [2.24, 2.45) is 0 Å². The molecule has 1 aliphatic heterocycles. The first kappa shape index (κ1) is 23.0. The maximum Gasteiger partial charge on any atom is 0.259 e. The summed E-state index contributed by atoms with van der Waals surface area (Å²) in [5.74, 6) is -2.01. The van der Waals surface area contributed by atoms with Crippen LogP contribution in [0.3, 0.4) is 0 Å². The van der Waals surface area contributed by atoms with E-state index in [4.69, 9.17) is 0 Å². The second-order valence-electron chi connectivity index (χ2n) is 8.58. The lowest BCUT2D eigenvalue weighted by Gasteiger charge is -2.31. The average molecular weight is 451 g/mol. The summed E-state index contributed by atoms with van der Waals surface area (Å²) in [4.78, 5) is 21.6. The van der Waals surface area contributed by atoms with E-state index in [1.807, 2.05) is 12.1 Å². The summed E-state index contributed by atoms with van der Waals surface area (Å²) in [7, 11) is 1.73. The van der Waals surface area contributed by atoms with Gasteiger partial charge in [0.2, 0.25) is 0 Å². The molecule has 1 saturated heterocycles. The molecule has 3 aromatic rings. The largest absolute Gasteiger partial charge is 0.312 e. The van der Waals surface area contributed by atoms with Gasteiger partial charge >= 0.3 is 0 Å². The van der Waals surface area contributed by atoms with Gasteiger partial charge in [0.1, 0.15) is 0 Å². The number of benzene rings is 2. The van der Waals surface area contributed by atoms with Crippen molar-refractivity contribution >= 4 is 11.6 Å². The Kier molecular flexibility index (Phi) is 6.81. The molecule has 1 fully saturated rings. The van der Waals surface area contributed by atoms with E-state index in [-0.39, 0.29) is 5.91 Å². The Morgan fingerprint density at radius 1 is 1.12 bits per heavy atom. The van der Waals surface area contributed by atoms with Crippen LogP contribution in [0.25, 0.3) is 11.3 Å². The Balaban J connectivity index is 1.46. The molecule has 1 aliphatic rings. The number of aromatic nitrogens is 1. The molecular formula is C26H28F2N4O. The van der Waals surface area contributed by atoms with Crippen molar-refractivity contribution in [2.75, 3.05) is 31.6 Å². The number of aryl methyl sites for hydroxylation is 1. The van der Waals surface area contributed by atoms with Gasteiger partial charge in [0, 0.05) is 50.5 Å². The second kappa shape index (κ2) is 9.77. The van der Waals surface area contributed by atoms with Gasteiger partial charge in [-0.1, -0.05) is 12.1 Å². The molecule has 0 aliphatic carbocycles. The fourth-order valence-electron chi connectivity index (χ4n) is 4.14. The predicted molar refractivity (Wildman–Crippen MR) is 126 cm³/mol. The topological polar surface area (TPSA) is 48.5 Å². The number of nitrogens with one attached hydrogen (secondary N) is 1. The fourth-order valence-corrected chi connectivity index (χ4v) is 4.14. The lowest BCUT2D eigenvalue weighted by atomic mass is 10.1. The minimum absolute atomic E-state index is 0.180. The van der Waals surface area contributed by atoms with Crippen LogP contribution >= 0.6 is 0 Å². The number of rotatable bonds is 5. The lowest BCUT2D eigenvalue weighted by molar-refractivity contribution is 0.0992. The lowest BCUT2D eigenvalue weighted by Crippen LogP contribution is -2.48. The van der Waals surface area contributed by atoms with Crippen molar-refractivity contribution in [3.63, 3.8) is 0 Å². The van der Waals surface area contributed by atoms with Crippen LogP contribution in [0.4, 0.5) is 14.5 Å². The fraction of sp³-hybridized carbons (Fsp3) is 0.308. The van der Waals surface area contributed by atoms with Crippen LogP contribution in [0.15, 0.2) is 54.6 Å². The zero-order valence-corrected chi connectivity index (χ0v) is 19.1. The summed E-state index contributed by atoms with van der Waals surface area (Å²) < 4.78 is 26.8. The molecular weight excluding hydrogens is 422 g/mol. The molecule has 1 atom stereocenters. The summed E-state index contributed by atoms with van der Waals surface area (Å²) in [6.45, 7) is 7.86. The highest BCUT2D eigenvalue weighted by Gasteiger charge is 2.19. The molecule has 0 saturated carbocycles. The molecule has 0 radical (unpaired) electrons. The normalized spacial score (nSPS) is 16.6. The Bertz CT molecular complexity index is 1150. The van der Waals surface area contributed by atoms with E-state index < -0.39 is 11.6 Å². The molecule has 0 unspecified atom stereocenters. The molecule has 2 heterocycles. The van der Waals surface area contributed by atoms with Crippen molar-refractivity contribution in [1.82, 2.24) is 15.2 Å². The molecule has 2 aromatic carbocycles. The number of nitrogens with zero attached hydrogens (tertiary/aromatic N) is 3. The van der Waals surface area contributed by atoms with E-state index in [0.29, 0.717) is 28.6 Å². The van der Waals surface area contributed by atoms with Crippen molar-refractivity contribution < 1.29 is 13.6 Å². The molecule has 33 heavy (non-hydrogen) atoms. The first-order valence-electron chi connectivity index (χ1n) is 11.1. The quantitative estimate of drug-likeness (QED) is 0.626. The molecule has 1 N–H and O–H groups in total. The van der Waals surface area contributed by atoms with Gasteiger partial charge in [-0.15, -0.1) is 0 Å². The van der Waals surface area contributed by atoms with E-state index >= 15 is 0 Å². The van der Waals surface area contributed by atoms with E-state index in [2.05, 4.69) is 34.3 Å². The Hall–Kier alpha value is -3.16. The van der Waals surface area contributed by atoms with Gasteiger partial charge in [0.15, 0.2) is 11.6 Å². The van der Waals surface area contributed by atoms with Crippen molar-refractivity contribution in [3.8, 4) is 11.3 Å². The van der Waals surface area contributed by atoms with Gasteiger partial charge in [-0.2, -0.15) is 0 Å². The van der Waals surface area contributed by atoms with Gasteiger partial charge in [0.05, 0.1) is 17.0 Å². The Morgan fingerprint density at radius 2 is 1.88 bits per heavy atom. The standard InChI is InChI=1S/C26H28F2N4O/c1-17-15-32(13-12-29-17)16-19-4-7-21(8-5-19)31(3)26(33)22-9-11-25(30-18(22)2)20-6-10-23(27)24(28)14-20/h4-11,14,17,29H,12-13,15-16H2,1-3H3/t17-/m0/s1. The minimum Gasteiger partial charge on any atom is -0.312 e. The number of hydrogen-bond donors (Lipinski definition) is 1. The highest BCUT2D eigenvalue weighted by atomic mass is 19.2. The van der Waals surface area contributed by atoms with Crippen molar-refractivity contribution in [1.29, 1.82) is 0 Å². The molecule has 1 aromatic heterocycles. The third-order valence-corrected chi connectivity index (χ3v) is 6.02. The summed E-state index contributed by atoms with van der Waals surface area (Å²) in [5, 5.41) is 3.45. The Labute approximate surface area is 193 Å². The average Bonchev–Trinajstić information content (AvgIpc) is 2.80. The molecule has 1 amide bonds. The van der Waals surface area contributed by atoms with Crippen LogP contribution in [0.2, 0.25) is 0 Å². The van der Waals surface area contributed by atoms with Gasteiger partial charge in [-0.05, 0) is 61.9 Å². The number of carbonyl (C=O) groups is 1. The summed E-state index contributed by atoms with van der Waals surface area (Å²) in [6.07, 6.45) is 0. The summed E-state index contributed by atoms with van der Waals surface area (Å²) >= 11 is 0. The molecule has 172 valence electrons. The van der Waals surface area contributed by atoms with Crippen molar-refractivity contribution in [3.05, 3.63) is 83.1 Å². The second-order valence-corrected chi connectivity index (χ2v) is 8.58. The molecule has 0 spiro atoms. The number of carbonyl (C=O) groups excluding carboxylic acids is 1. The maximum atomic E-state index is 13.6. The number of pyridine rings is 1. The highest BCUT2D eigenvalue weighted by molar-refractivity contribution is 6.06.